The minimum Gasteiger partial charge on any atom is -0.314 e. The fraction of sp³-hybridized carbons (Fsp3) is 0.263. The number of hydrogen-bond acceptors (Lipinski definition) is 4. The van der Waals surface area contributed by atoms with Crippen LogP contribution in [0, 0.1) is 11.7 Å². The summed E-state index contributed by atoms with van der Waals surface area (Å²) in [6.07, 6.45) is 0. The van der Waals surface area contributed by atoms with Gasteiger partial charge in [0.2, 0.25) is 0 Å². The molecule has 0 unspecified atom stereocenters. The van der Waals surface area contributed by atoms with E-state index in [9.17, 15) is 9.18 Å². The molecule has 0 spiro atoms. The van der Waals surface area contributed by atoms with Gasteiger partial charge in [0.15, 0.2) is 5.17 Å². The van der Waals surface area contributed by atoms with Crippen molar-refractivity contribution in [3.05, 3.63) is 69.9 Å². The Morgan fingerprint density at radius 3 is 2.92 bits per heavy atom. The van der Waals surface area contributed by atoms with E-state index in [1.165, 1.54) is 17.8 Å². The molecule has 1 saturated heterocycles. The summed E-state index contributed by atoms with van der Waals surface area (Å²) >= 11 is 4.94. The van der Waals surface area contributed by atoms with Gasteiger partial charge < -0.3 is 10.6 Å². The van der Waals surface area contributed by atoms with Crippen molar-refractivity contribution in [2.75, 3.05) is 18.8 Å². The van der Waals surface area contributed by atoms with Crippen LogP contribution in [0.2, 0.25) is 0 Å². The molecule has 134 valence electrons. The Kier molecular flexibility index (Phi) is 4.86. The Morgan fingerprint density at radius 1 is 1.31 bits per heavy atom. The molecule has 2 aromatic carbocycles. The van der Waals surface area contributed by atoms with Crippen LogP contribution in [0.4, 0.5) is 4.39 Å². The third-order valence-corrected chi connectivity index (χ3v) is 6.36. The number of nitrogens with one attached hydrogen (secondary N) is 2. The monoisotopic (exact) mass is 433 g/mol. The maximum atomic E-state index is 14.6. The first-order valence-electron chi connectivity index (χ1n) is 8.34. The maximum absolute atomic E-state index is 14.6. The number of thioether (sulfide) groups is 1. The zero-order valence-electron chi connectivity index (χ0n) is 13.8. The molecule has 2 heterocycles. The zero-order valence-corrected chi connectivity index (χ0v) is 16.2. The van der Waals surface area contributed by atoms with Crippen molar-refractivity contribution in [1.29, 1.82) is 0 Å². The standard InChI is InChI=1S/C19H17BrFN3OS/c20-14-6-7-16(21)15(8-14)19-11-22-9-13(19)10-26-18(24-19)23-17(25)12-4-2-1-3-5-12/h1-8,13,22H,9-11H2,(H,23,24,25)/t13-,19-/m1/s1. The average Bonchev–Trinajstić information content (AvgIpc) is 3.08. The molecule has 2 N–H and O–H groups in total. The van der Waals surface area contributed by atoms with Crippen LogP contribution in [0.5, 0.6) is 0 Å². The van der Waals surface area contributed by atoms with E-state index in [1.807, 2.05) is 18.2 Å². The molecule has 4 rings (SSSR count). The Bertz CT molecular complexity index is 876. The van der Waals surface area contributed by atoms with E-state index in [2.05, 4.69) is 26.6 Å². The van der Waals surface area contributed by atoms with Crippen LogP contribution in [0.15, 0.2) is 58.0 Å². The second-order valence-corrected chi connectivity index (χ2v) is 8.35. The highest BCUT2D eigenvalue weighted by Gasteiger charge is 2.48. The number of nitrogens with zero attached hydrogens (tertiary/aromatic N) is 1. The maximum Gasteiger partial charge on any atom is 0.257 e. The molecule has 7 heteroatoms. The van der Waals surface area contributed by atoms with Gasteiger partial charge in [-0.1, -0.05) is 45.9 Å². The number of fused-ring (bicyclic) bond motifs is 1. The van der Waals surface area contributed by atoms with Gasteiger partial charge in [-0.25, -0.2) is 9.38 Å². The lowest BCUT2D eigenvalue weighted by atomic mass is 9.81. The summed E-state index contributed by atoms with van der Waals surface area (Å²) in [7, 11) is 0. The highest BCUT2D eigenvalue weighted by atomic mass is 79.9. The SMILES string of the molecule is O=C(NC1=N[C@]2(c3cc(Br)ccc3F)CNC[C@@H]2CS1)c1ccccc1. The topological polar surface area (TPSA) is 53.5 Å². The number of carbonyl (C=O) groups excluding carboxylic acids is 1. The normalized spacial score (nSPS) is 24.7. The summed E-state index contributed by atoms with van der Waals surface area (Å²) in [6.45, 7) is 1.33. The third-order valence-electron chi connectivity index (χ3n) is 4.83. The van der Waals surface area contributed by atoms with Crippen LogP contribution in [-0.2, 0) is 5.54 Å². The summed E-state index contributed by atoms with van der Waals surface area (Å²) in [5.74, 6) is 0.471. The second-order valence-electron chi connectivity index (χ2n) is 6.42. The number of carbonyl (C=O) groups is 1. The molecule has 4 nitrogen and oxygen atoms in total. The van der Waals surface area contributed by atoms with E-state index in [4.69, 9.17) is 4.99 Å². The molecule has 0 aliphatic carbocycles. The minimum atomic E-state index is -0.696. The molecule has 0 radical (unpaired) electrons. The highest BCUT2D eigenvalue weighted by Crippen LogP contribution is 2.44. The fourth-order valence-electron chi connectivity index (χ4n) is 3.50. The van der Waals surface area contributed by atoms with Crippen LogP contribution < -0.4 is 10.6 Å². The molecular formula is C19H17BrFN3OS. The van der Waals surface area contributed by atoms with Crippen LogP contribution in [0.25, 0.3) is 0 Å². The lowest BCUT2D eigenvalue weighted by Gasteiger charge is -2.36. The molecular weight excluding hydrogens is 417 g/mol. The molecule has 26 heavy (non-hydrogen) atoms. The summed E-state index contributed by atoms with van der Waals surface area (Å²) in [4.78, 5) is 17.3. The van der Waals surface area contributed by atoms with E-state index in [-0.39, 0.29) is 17.6 Å². The lowest BCUT2D eigenvalue weighted by molar-refractivity contribution is 0.0977. The molecule has 2 aliphatic rings. The van der Waals surface area contributed by atoms with Crippen molar-refractivity contribution in [1.82, 2.24) is 10.6 Å². The van der Waals surface area contributed by atoms with Gasteiger partial charge in [-0.2, -0.15) is 0 Å². The van der Waals surface area contributed by atoms with E-state index in [0.717, 1.165) is 16.8 Å². The van der Waals surface area contributed by atoms with Crippen LogP contribution in [0.3, 0.4) is 0 Å². The smallest absolute Gasteiger partial charge is 0.257 e. The highest BCUT2D eigenvalue weighted by molar-refractivity contribution is 9.10. The molecule has 1 fully saturated rings. The van der Waals surface area contributed by atoms with E-state index in [1.54, 1.807) is 24.3 Å². The largest absolute Gasteiger partial charge is 0.314 e. The van der Waals surface area contributed by atoms with Gasteiger partial charge in [-0.3, -0.25) is 4.79 Å². The first-order valence-corrected chi connectivity index (χ1v) is 10.1. The number of amidine groups is 1. The Balaban J connectivity index is 1.69. The van der Waals surface area contributed by atoms with E-state index in [0.29, 0.717) is 22.8 Å². The number of aliphatic imine (C=N–C) groups is 1. The average molecular weight is 434 g/mol. The number of benzene rings is 2. The lowest BCUT2D eigenvalue weighted by Crippen LogP contribution is -2.43. The quantitative estimate of drug-likeness (QED) is 0.761. The molecule has 1 amide bonds. The second kappa shape index (κ2) is 7.13. The first kappa shape index (κ1) is 17.7. The number of halogens is 2. The van der Waals surface area contributed by atoms with Gasteiger partial charge in [0.1, 0.15) is 11.4 Å². The van der Waals surface area contributed by atoms with Crippen molar-refractivity contribution < 1.29 is 9.18 Å². The predicted octanol–water partition coefficient (Wildman–Crippen LogP) is 3.54. The van der Waals surface area contributed by atoms with Crippen molar-refractivity contribution in [2.45, 2.75) is 5.54 Å². The predicted molar refractivity (Wildman–Crippen MR) is 106 cm³/mol. The Morgan fingerprint density at radius 2 is 2.12 bits per heavy atom. The van der Waals surface area contributed by atoms with Gasteiger partial charge >= 0.3 is 0 Å². The molecule has 0 saturated carbocycles. The van der Waals surface area contributed by atoms with Gasteiger partial charge in [0.05, 0.1) is 0 Å². The van der Waals surface area contributed by atoms with E-state index >= 15 is 0 Å². The summed E-state index contributed by atoms with van der Waals surface area (Å²) in [5.41, 5.74) is 0.442. The van der Waals surface area contributed by atoms with Crippen LogP contribution in [-0.4, -0.2) is 29.9 Å². The molecule has 2 aliphatic heterocycles. The molecule has 0 bridgehead atoms. The summed E-state index contributed by atoms with van der Waals surface area (Å²) in [6, 6.07) is 14.0. The molecule has 2 aromatic rings. The Labute approximate surface area is 163 Å². The van der Waals surface area contributed by atoms with Gasteiger partial charge in [-0.05, 0) is 30.3 Å². The van der Waals surface area contributed by atoms with Crippen molar-refractivity contribution in [3.63, 3.8) is 0 Å². The van der Waals surface area contributed by atoms with Crippen molar-refractivity contribution in [2.24, 2.45) is 10.9 Å². The van der Waals surface area contributed by atoms with Crippen LogP contribution >= 0.6 is 27.7 Å². The number of rotatable bonds is 2. The van der Waals surface area contributed by atoms with Gasteiger partial charge in [0.25, 0.3) is 5.91 Å². The van der Waals surface area contributed by atoms with Gasteiger partial charge in [0, 0.05) is 40.4 Å². The fourth-order valence-corrected chi connectivity index (χ4v) is 5.00. The van der Waals surface area contributed by atoms with Gasteiger partial charge in [-0.15, -0.1) is 0 Å². The van der Waals surface area contributed by atoms with Crippen LogP contribution in [0.1, 0.15) is 15.9 Å². The van der Waals surface area contributed by atoms with Crippen molar-refractivity contribution >= 4 is 38.8 Å². The number of hydrogen-bond donors (Lipinski definition) is 2. The zero-order chi connectivity index (χ0) is 18.1. The minimum absolute atomic E-state index is 0.175. The Hall–Kier alpha value is -1.70. The first-order chi connectivity index (χ1) is 12.6. The summed E-state index contributed by atoms with van der Waals surface area (Å²) in [5, 5.41) is 6.77. The van der Waals surface area contributed by atoms with Crippen molar-refractivity contribution in [3.8, 4) is 0 Å². The van der Waals surface area contributed by atoms with E-state index < -0.39 is 5.54 Å². The molecule has 2 atom stereocenters. The third kappa shape index (κ3) is 3.19. The number of amides is 1. The summed E-state index contributed by atoms with van der Waals surface area (Å²) < 4.78 is 15.4. The molecule has 0 aromatic heterocycles.